The number of hydrogen-bond donors (Lipinski definition) is 1. The van der Waals surface area contributed by atoms with Gasteiger partial charge in [0.1, 0.15) is 11.9 Å². The summed E-state index contributed by atoms with van der Waals surface area (Å²) in [5.74, 6) is 1.18. The van der Waals surface area contributed by atoms with Crippen molar-refractivity contribution in [3.63, 3.8) is 0 Å². The first-order chi connectivity index (χ1) is 10.1. The van der Waals surface area contributed by atoms with Crippen LogP contribution in [0.1, 0.15) is 11.9 Å². The second-order valence-electron chi connectivity index (χ2n) is 5.12. The fraction of sp³-hybridized carbons (Fsp3) is 0.333. The topological polar surface area (TPSA) is 64.3 Å². The first kappa shape index (κ1) is 14.7. The average Bonchev–Trinajstić information content (AvgIpc) is 2.51. The minimum atomic E-state index is -0.120. The van der Waals surface area contributed by atoms with Crippen LogP contribution in [0.4, 0.5) is 5.82 Å². The molecule has 1 unspecified atom stereocenters. The molecule has 2 N–H and O–H groups in total. The van der Waals surface area contributed by atoms with Crippen LogP contribution in [0.3, 0.4) is 0 Å². The van der Waals surface area contributed by atoms with Gasteiger partial charge in [0.15, 0.2) is 5.82 Å². The number of morpholine rings is 1. The van der Waals surface area contributed by atoms with Gasteiger partial charge < -0.3 is 15.4 Å². The number of benzene rings is 1. The Kier molecular flexibility index (Phi) is 4.37. The van der Waals surface area contributed by atoms with Crippen molar-refractivity contribution < 1.29 is 4.74 Å². The molecule has 1 aromatic carbocycles. The first-order valence-electron chi connectivity index (χ1n) is 6.83. The second-order valence-corrected chi connectivity index (χ2v) is 6.20. The van der Waals surface area contributed by atoms with E-state index in [1.165, 1.54) is 0 Å². The van der Waals surface area contributed by atoms with Crippen LogP contribution >= 0.6 is 22.6 Å². The lowest BCUT2D eigenvalue weighted by molar-refractivity contribution is -0.0253. The van der Waals surface area contributed by atoms with Crippen LogP contribution in [0.2, 0.25) is 0 Å². The lowest BCUT2D eigenvalue weighted by atomic mass is 10.1. The molecule has 1 atom stereocenters. The lowest BCUT2D eigenvalue weighted by Gasteiger charge is -2.29. The Morgan fingerprint density at radius 3 is 2.76 bits per heavy atom. The number of nitrogens with two attached hydrogens (primary N) is 1. The quantitative estimate of drug-likeness (QED) is 0.790. The molecule has 3 rings (SSSR count). The highest BCUT2D eigenvalue weighted by atomic mass is 127. The number of aromatic nitrogens is 2. The predicted octanol–water partition coefficient (Wildman–Crippen LogP) is 2.33. The number of halogens is 1. The minimum absolute atomic E-state index is 0.120. The van der Waals surface area contributed by atoms with Crippen molar-refractivity contribution in [2.45, 2.75) is 6.10 Å². The fourth-order valence-corrected chi connectivity index (χ4v) is 2.90. The molecule has 21 heavy (non-hydrogen) atoms. The van der Waals surface area contributed by atoms with E-state index in [1.54, 1.807) is 0 Å². The molecule has 1 aliphatic heterocycles. The number of ether oxygens (including phenoxy) is 1. The van der Waals surface area contributed by atoms with Crippen molar-refractivity contribution in [3.8, 4) is 11.3 Å². The van der Waals surface area contributed by atoms with E-state index in [0.29, 0.717) is 18.2 Å². The third-order valence-electron chi connectivity index (χ3n) is 3.50. The molecule has 0 spiro atoms. The zero-order chi connectivity index (χ0) is 14.8. The Balaban J connectivity index is 2.01. The zero-order valence-corrected chi connectivity index (χ0v) is 13.9. The Labute approximate surface area is 137 Å². The summed E-state index contributed by atoms with van der Waals surface area (Å²) in [6.07, 6.45) is -0.120. The Morgan fingerprint density at radius 1 is 1.29 bits per heavy atom. The molecule has 0 amide bonds. The molecule has 1 fully saturated rings. The van der Waals surface area contributed by atoms with Gasteiger partial charge in [0.2, 0.25) is 0 Å². The minimum Gasteiger partial charge on any atom is -0.383 e. The number of nitrogens with zero attached hydrogens (tertiary/aromatic N) is 3. The maximum absolute atomic E-state index is 6.07. The maximum atomic E-state index is 6.07. The molecule has 0 bridgehead atoms. The van der Waals surface area contributed by atoms with E-state index in [-0.39, 0.29) is 6.10 Å². The third-order valence-corrected chi connectivity index (χ3v) is 4.56. The molecule has 1 saturated heterocycles. The van der Waals surface area contributed by atoms with E-state index in [9.17, 15) is 0 Å². The number of nitrogen functional groups attached to an aromatic ring is 1. The van der Waals surface area contributed by atoms with Gasteiger partial charge in [0.25, 0.3) is 0 Å². The monoisotopic (exact) mass is 396 g/mol. The summed E-state index contributed by atoms with van der Waals surface area (Å²) < 4.78 is 6.68. The SMILES string of the molecule is CN1CCOC(c2nc(N)c(I)c(-c3ccccc3)n2)C1. The molecule has 2 heterocycles. The van der Waals surface area contributed by atoms with Gasteiger partial charge in [0.05, 0.1) is 15.9 Å². The van der Waals surface area contributed by atoms with Crippen LogP contribution in [0.5, 0.6) is 0 Å². The van der Waals surface area contributed by atoms with Crippen LogP contribution in [-0.2, 0) is 4.74 Å². The van der Waals surface area contributed by atoms with Crippen molar-refractivity contribution >= 4 is 28.4 Å². The van der Waals surface area contributed by atoms with Gasteiger partial charge in [0, 0.05) is 18.7 Å². The van der Waals surface area contributed by atoms with E-state index in [2.05, 4.69) is 39.5 Å². The third kappa shape index (κ3) is 3.17. The van der Waals surface area contributed by atoms with E-state index in [4.69, 9.17) is 15.5 Å². The van der Waals surface area contributed by atoms with Crippen LogP contribution in [0, 0.1) is 3.57 Å². The number of likely N-dealkylation sites (N-methyl/N-ethyl adjacent to an activating group) is 1. The van der Waals surface area contributed by atoms with Gasteiger partial charge in [-0.3, -0.25) is 0 Å². The molecule has 0 aliphatic carbocycles. The Hall–Kier alpha value is -1.25. The predicted molar refractivity (Wildman–Crippen MR) is 90.8 cm³/mol. The molecule has 0 saturated carbocycles. The molecule has 0 radical (unpaired) electrons. The van der Waals surface area contributed by atoms with Crippen molar-refractivity contribution in [1.29, 1.82) is 0 Å². The first-order valence-corrected chi connectivity index (χ1v) is 7.91. The van der Waals surface area contributed by atoms with Crippen molar-refractivity contribution in [1.82, 2.24) is 14.9 Å². The summed E-state index contributed by atoms with van der Waals surface area (Å²) in [5.41, 5.74) is 7.99. The van der Waals surface area contributed by atoms with Crippen LogP contribution in [0.15, 0.2) is 30.3 Å². The normalized spacial score (nSPS) is 19.6. The zero-order valence-electron chi connectivity index (χ0n) is 11.8. The number of rotatable bonds is 2. The summed E-state index contributed by atoms with van der Waals surface area (Å²) in [5, 5.41) is 0. The summed E-state index contributed by atoms with van der Waals surface area (Å²) in [7, 11) is 2.07. The van der Waals surface area contributed by atoms with Gasteiger partial charge in [-0.05, 0) is 29.6 Å². The van der Waals surface area contributed by atoms with Gasteiger partial charge in [-0.1, -0.05) is 30.3 Å². The van der Waals surface area contributed by atoms with Crippen LogP contribution < -0.4 is 5.73 Å². The second kappa shape index (κ2) is 6.25. The highest BCUT2D eigenvalue weighted by molar-refractivity contribution is 14.1. The molecule has 6 heteroatoms. The summed E-state index contributed by atoms with van der Waals surface area (Å²) in [6, 6.07) is 10.0. The number of hydrogen-bond acceptors (Lipinski definition) is 5. The van der Waals surface area contributed by atoms with E-state index < -0.39 is 0 Å². The van der Waals surface area contributed by atoms with E-state index in [0.717, 1.165) is 27.9 Å². The lowest BCUT2D eigenvalue weighted by Crippen LogP contribution is -2.36. The maximum Gasteiger partial charge on any atom is 0.161 e. The smallest absolute Gasteiger partial charge is 0.161 e. The summed E-state index contributed by atoms with van der Waals surface area (Å²) >= 11 is 2.20. The average molecular weight is 396 g/mol. The molecule has 2 aromatic rings. The van der Waals surface area contributed by atoms with Gasteiger partial charge >= 0.3 is 0 Å². The molecule has 110 valence electrons. The Morgan fingerprint density at radius 2 is 2.05 bits per heavy atom. The fourth-order valence-electron chi connectivity index (χ4n) is 2.35. The molecular weight excluding hydrogens is 379 g/mol. The van der Waals surface area contributed by atoms with Crippen molar-refractivity contribution in [2.24, 2.45) is 0 Å². The van der Waals surface area contributed by atoms with Crippen LogP contribution in [-0.4, -0.2) is 41.6 Å². The van der Waals surface area contributed by atoms with Gasteiger partial charge in [-0.2, -0.15) is 0 Å². The highest BCUT2D eigenvalue weighted by Crippen LogP contribution is 2.29. The largest absolute Gasteiger partial charge is 0.383 e. The summed E-state index contributed by atoms with van der Waals surface area (Å²) in [6.45, 7) is 2.41. The standard InChI is InChI=1S/C15H17IN4O/c1-20-7-8-21-11(9-20)15-18-13(12(16)14(17)19-15)10-5-3-2-4-6-10/h2-6,11H,7-9H2,1H3,(H2,17,18,19). The van der Waals surface area contributed by atoms with Crippen molar-refractivity contribution in [3.05, 3.63) is 39.7 Å². The van der Waals surface area contributed by atoms with Crippen LogP contribution in [0.25, 0.3) is 11.3 Å². The van der Waals surface area contributed by atoms with E-state index >= 15 is 0 Å². The van der Waals surface area contributed by atoms with Gasteiger partial charge in [-0.15, -0.1) is 0 Å². The molecule has 1 aliphatic rings. The number of anilines is 1. The molecular formula is C15H17IN4O. The highest BCUT2D eigenvalue weighted by Gasteiger charge is 2.24. The molecule has 1 aromatic heterocycles. The summed E-state index contributed by atoms with van der Waals surface area (Å²) in [4.78, 5) is 11.4. The van der Waals surface area contributed by atoms with E-state index in [1.807, 2.05) is 30.3 Å². The van der Waals surface area contributed by atoms with Gasteiger partial charge in [-0.25, -0.2) is 9.97 Å². The molecule has 5 nitrogen and oxygen atoms in total. The van der Waals surface area contributed by atoms with Crippen molar-refractivity contribution in [2.75, 3.05) is 32.5 Å². The Bertz CT molecular complexity index is 635.